The number of hydrogen-bond donors (Lipinski definition) is 3. The first-order chi connectivity index (χ1) is 18.6. The molecule has 1 aliphatic heterocycles. The molecule has 1 amide bonds. The van der Waals surface area contributed by atoms with Crippen LogP contribution in [0.5, 0.6) is 0 Å². The lowest BCUT2D eigenvalue weighted by Gasteiger charge is -2.33. The van der Waals surface area contributed by atoms with Crippen LogP contribution < -0.4 is 10.2 Å². The number of carbonyl (C=O) groups is 1. The number of amides is 1. The monoisotopic (exact) mass is 510 g/mol. The molecule has 38 heavy (non-hydrogen) atoms. The van der Waals surface area contributed by atoms with Crippen molar-refractivity contribution in [2.45, 2.75) is 26.2 Å². The first kappa shape index (κ1) is 24.0. The zero-order chi connectivity index (χ0) is 26.1. The standard InChI is InChI=1S/C27H30N10O/c1-3-4-5-22(38)30-18-14-17(15-28-16-18)19-6-7-21-23(31-19)25(35-34-21)26-32-20-8-9-29-27(24(20)33-26)37-12-10-36(2)11-13-37/h6-9,14-16H,3-5,10-13H2,1-2H3,(H,30,38)(H,32,33)(H,34,35). The molecule has 0 saturated carbocycles. The number of aromatic nitrogens is 7. The van der Waals surface area contributed by atoms with Gasteiger partial charge in [0.15, 0.2) is 17.3 Å². The van der Waals surface area contributed by atoms with Gasteiger partial charge in [-0.15, -0.1) is 0 Å². The number of nitrogens with one attached hydrogen (secondary N) is 3. The number of aromatic amines is 2. The normalized spacial score (nSPS) is 14.4. The smallest absolute Gasteiger partial charge is 0.224 e. The Morgan fingerprint density at radius 3 is 2.76 bits per heavy atom. The minimum absolute atomic E-state index is 0.0124. The Labute approximate surface area is 219 Å². The molecule has 1 fully saturated rings. The van der Waals surface area contributed by atoms with Crippen LogP contribution in [-0.2, 0) is 4.79 Å². The Bertz CT molecular complexity index is 1600. The van der Waals surface area contributed by atoms with Gasteiger partial charge in [-0.1, -0.05) is 13.3 Å². The molecule has 11 nitrogen and oxygen atoms in total. The van der Waals surface area contributed by atoms with Gasteiger partial charge in [0.1, 0.15) is 11.0 Å². The van der Waals surface area contributed by atoms with Gasteiger partial charge in [-0.05, 0) is 37.7 Å². The van der Waals surface area contributed by atoms with E-state index in [2.05, 4.69) is 54.2 Å². The second-order valence-corrected chi connectivity index (χ2v) is 9.69. The van der Waals surface area contributed by atoms with E-state index in [0.717, 1.165) is 72.6 Å². The maximum absolute atomic E-state index is 12.2. The van der Waals surface area contributed by atoms with Gasteiger partial charge < -0.3 is 20.1 Å². The molecule has 0 bridgehead atoms. The first-order valence-corrected chi connectivity index (χ1v) is 13.0. The minimum Gasteiger partial charge on any atom is -0.352 e. The summed E-state index contributed by atoms with van der Waals surface area (Å²) in [7, 11) is 2.14. The molecule has 0 radical (unpaired) electrons. The topological polar surface area (TPSA) is 132 Å². The highest BCUT2D eigenvalue weighted by molar-refractivity contribution is 5.94. The molecule has 0 unspecified atom stereocenters. The Hall–Kier alpha value is -4.38. The quantitative estimate of drug-likeness (QED) is 0.301. The van der Waals surface area contributed by atoms with E-state index >= 15 is 0 Å². The van der Waals surface area contributed by atoms with Crippen molar-refractivity contribution >= 4 is 39.5 Å². The largest absolute Gasteiger partial charge is 0.352 e. The molecule has 0 spiro atoms. The Balaban J connectivity index is 1.33. The number of likely N-dealkylation sites (N-methyl/N-ethyl adjacent to an activating group) is 1. The maximum atomic E-state index is 12.2. The lowest BCUT2D eigenvalue weighted by molar-refractivity contribution is -0.116. The second-order valence-electron chi connectivity index (χ2n) is 9.69. The third kappa shape index (κ3) is 4.68. The molecule has 1 saturated heterocycles. The van der Waals surface area contributed by atoms with Crippen molar-refractivity contribution in [2.75, 3.05) is 43.4 Å². The van der Waals surface area contributed by atoms with Crippen LogP contribution in [0.4, 0.5) is 11.5 Å². The number of hydrogen-bond acceptors (Lipinski definition) is 8. The molecular weight excluding hydrogens is 480 g/mol. The van der Waals surface area contributed by atoms with E-state index in [1.165, 1.54) is 0 Å². The lowest BCUT2D eigenvalue weighted by atomic mass is 10.1. The first-order valence-electron chi connectivity index (χ1n) is 13.0. The van der Waals surface area contributed by atoms with Crippen LogP contribution in [0.3, 0.4) is 0 Å². The number of H-pyrrole nitrogens is 2. The van der Waals surface area contributed by atoms with E-state index in [1.54, 1.807) is 12.4 Å². The number of carbonyl (C=O) groups excluding carboxylic acids is 1. The maximum Gasteiger partial charge on any atom is 0.224 e. The van der Waals surface area contributed by atoms with Crippen molar-refractivity contribution < 1.29 is 4.79 Å². The highest BCUT2D eigenvalue weighted by Gasteiger charge is 2.21. The van der Waals surface area contributed by atoms with Crippen LogP contribution in [0.25, 0.3) is 44.8 Å². The molecule has 0 atom stereocenters. The summed E-state index contributed by atoms with van der Waals surface area (Å²) in [5.74, 6) is 1.51. The lowest BCUT2D eigenvalue weighted by Crippen LogP contribution is -2.44. The summed E-state index contributed by atoms with van der Waals surface area (Å²) in [5, 5.41) is 10.5. The van der Waals surface area contributed by atoms with Crippen molar-refractivity contribution in [3.8, 4) is 22.8 Å². The van der Waals surface area contributed by atoms with Crippen molar-refractivity contribution in [2.24, 2.45) is 0 Å². The van der Waals surface area contributed by atoms with E-state index < -0.39 is 0 Å². The Morgan fingerprint density at radius 2 is 1.92 bits per heavy atom. The molecule has 6 rings (SSSR count). The molecule has 5 aromatic heterocycles. The number of anilines is 2. The van der Waals surface area contributed by atoms with E-state index in [1.807, 2.05) is 30.5 Å². The van der Waals surface area contributed by atoms with Gasteiger partial charge in [0, 0.05) is 50.6 Å². The molecule has 6 heterocycles. The van der Waals surface area contributed by atoms with Crippen molar-refractivity contribution in [3.63, 3.8) is 0 Å². The SMILES string of the molecule is CCCCC(=O)Nc1cncc(-c2ccc3[nH]nc(-c4nc5c(N6CCN(C)CC6)nccc5[nH]4)c3n2)c1. The molecule has 1 aliphatic rings. The zero-order valence-corrected chi connectivity index (χ0v) is 21.5. The predicted molar refractivity (Wildman–Crippen MR) is 148 cm³/mol. The van der Waals surface area contributed by atoms with E-state index in [0.29, 0.717) is 29.1 Å². The van der Waals surface area contributed by atoms with Gasteiger partial charge in [-0.25, -0.2) is 15.0 Å². The summed E-state index contributed by atoms with van der Waals surface area (Å²) in [5.41, 5.74) is 6.07. The summed E-state index contributed by atoms with van der Waals surface area (Å²) >= 11 is 0. The molecule has 5 aromatic rings. The summed E-state index contributed by atoms with van der Waals surface area (Å²) in [6.45, 7) is 5.87. The van der Waals surface area contributed by atoms with Gasteiger partial charge in [0.2, 0.25) is 5.91 Å². The Kier molecular flexibility index (Phi) is 6.42. The fraction of sp³-hybridized carbons (Fsp3) is 0.333. The van der Waals surface area contributed by atoms with Gasteiger partial charge in [0.05, 0.1) is 28.6 Å². The van der Waals surface area contributed by atoms with Crippen LogP contribution in [-0.4, -0.2) is 79.2 Å². The fourth-order valence-corrected chi connectivity index (χ4v) is 4.72. The molecule has 11 heteroatoms. The number of rotatable bonds is 7. The van der Waals surface area contributed by atoms with Crippen LogP contribution in [0.1, 0.15) is 26.2 Å². The number of pyridine rings is 3. The molecule has 194 valence electrons. The van der Waals surface area contributed by atoms with Crippen molar-refractivity contribution in [1.82, 2.24) is 40.0 Å². The van der Waals surface area contributed by atoms with Crippen LogP contribution in [0, 0.1) is 0 Å². The van der Waals surface area contributed by atoms with Gasteiger partial charge in [-0.3, -0.25) is 14.9 Å². The molecule has 0 aromatic carbocycles. The Morgan fingerprint density at radius 1 is 1.05 bits per heavy atom. The van der Waals surface area contributed by atoms with Gasteiger partial charge in [0.25, 0.3) is 0 Å². The van der Waals surface area contributed by atoms with Gasteiger partial charge in [-0.2, -0.15) is 5.10 Å². The van der Waals surface area contributed by atoms with Crippen LogP contribution in [0.15, 0.2) is 42.9 Å². The van der Waals surface area contributed by atoms with Crippen LogP contribution in [0.2, 0.25) is 0 Å². The number of piperazine rings is 1. The summed E-state index contributed by atoms with van der Waals surface area (Å²) < 4.78 is 0. The average molecular weight is 511 g/mol. The highest BCUT2D eigenvalue weighted by Crippen LogP contribution is 2.30. The third-order valence-corrected chi connectivity index (χ3v) is 6.89. The molecule has 0 aliphatic carbocycles. The van der Waals surface area contributed by atoms with Gasteiger partial charge >= 0.3 is 0 Å². The average Bonchev–Trinajstić information content (AvgIpc) is 3.56. The molecule has 3 N–H and O–H groups in total. The number of imidazole rings is 1. The fourth-order valence-electron chi connectivity index (χ4n) is 4.72. The number of nitrogens with zero attached hydrogens (tertiary/aromatic N) is 7. The zero-order valence-electron chi connectivity index (χ0n) is 21.5. The summed E-state index contributed by atoms with van der Waals surface area (Å²) in [6, 6.07) is 7.68. The number of fused-ring (bicyclic) bond motifs is 2. The second kappa shape index (κ2) is 10.2. The summed E-state index contributed by atoms with van der Waals surface area (Å²) in [4.78, 5) is 39.0. The molecular formula is C27H30N10O. The predicted octanol–water partition coefficient (Wildman–Crippen LogP) is 3.84. The van der Waals surface area contributed by atoms with E-state index in [4.69, 9.17) is 9.97 Å². The van der Waals surface area contributed by atoms with E-state index in [9.17, 15) is 4.79 Å². The summed E-state index contributed by atoms with van der Waals surface area (Å²) in [6.07, 6.45) is 7.53. The van der Waals surface area contributed by atoms with E-state index in [-0.39, 0.29) is 5.91 Å². The third-order valence-electron chi connectivity index (χ3n) is 6.89. The number of unbranched alkanes of at least 4 members (excludes halogenated alkanes) is 1. The highest BCUT2D eigenvalue weighted by atomic mass is 16.1. The van der Waals surface area contributed by atoms with Crippen LogP contribution >= 0.6 is 0 Å². The van der Waals surface area contributed by atoms with Crippen molar-refractivity contribution in [1.29, 1.82) is 0 Å². The van der Waals surface area contributed by atoms with Crippen molar-refractivity contribution in [3.05, 3.63) is 42.9 Å². The minimum atomic E-state index is -0.0124.